The van der Waals surface area contributed by atoms with E-state index in [4.69, 9.17) is 18.2 Å². The largest absolute Gasteiger partial charge is 0.456 e. The van der Waals surface area contributed by atoms with Gasteiger partial charge in [-0.3, -0.25) is 0 Å². The van der Waals surface area contributed by atoms with Gasteiger partial charge in [0, 0.05) is 32.8 Å². The Labute approximate surface area is 297 Å². The van der Waals surface area contributed by atoms with Crippen molar-refractivity contribution in [2.24, 2.45) is 0 Å². The van der Waals surface area contributed by atoms with Gasteiger partial charge in [0.2, 0.25) is 5.89 Å². The first-order chi connectivity index (χ1) is 25.8. The van der Waals surface area contributed by atoms with Gasteiger partial charge in [0.25, 0.3) is 0 Å². The Morgan fingerprint density at radius 3 is 1.96 bits per heavy atom. The number of hydrogen-bond acceptors (Lipinski definition) is 5. The van der Waals surface area contributed by atoms with Crippen molar-refractivity contribution in [3.05, 3.63) is 170 Å². The van der Waals surface area contributed by atoms with Crippen molar-refractivity contribution >= 4 is 82.8 Å². The Kier molecular flexibility index (Phi) is 6.18. The molecule has 0 fully saturated rings. The van der Waals surface area contributed by atoms with Gasteiger partial charge in [0.05, 0.1) is 16.8 Å². The minimum atomic E-state index is 0.562. The van der Waals surface area contributed by atoms with E-state index < -0.39 is 0 Å². The van der Waals surface area contributed by atoms with Crippen LogP contribution in [0.2, 0.25) is 0 Å². The molecule has 11 aromatic rings. The number of aromatic nitrogens is 1. The summed E-state index contributed by atoms with van der Waals surface area (Å²) in [6.07, 6.45) is 0. The number of nitrogens with zero attached hydrogens (tertiary/aromatic N) is 2. The maximum atomic E-state index is 6.99. The number of anilines is 3. The number of rotatable bonds is 5. The summed E-state index contributed by atoms with van der Waals surface area (Å²) in [5, 5.41) is 6.19. The molecule has 0 saturated heterocycles. The second-order valence-corrected chi connectivity index (χ2v) is 13.1. The second-order valence-electron chi connectivity index (χ2n) is 13.1. The Hall–Kier alpha value is -7.11. The third kappa shape index (κ3) is 4.33. The van der Waals surface area contributed by atoms with Crippen LogP contribution < -0.4 is 4.90 Å². The second kappa shape index (κ2) is 11.2. The summed E-state index contributed by atoms with van der Waals surface area (Å²) in [4.78, 5) is 7.23. The highest BCUT2D eigenvalue weighted by Crippen LogP contribution is 2.50. The molecular formula is C47H28N2O3. The third-order valence-corrected chi connectivity index (χ3v) is 10.1. The van der Waals surface area contributed by atoms with Crippen LogP contribution in [0.15, 0.2) is 183 Å². The highest BCUT2D eigenvalue weighted by atomic mass is 16.4. The first-order valence-electron chi connectivity index (χ1n) is 17.4. The lowest BCUT2D eigenvalue weighted by Gasteiger charge is -2.28. The highest BCUT2D eigenvalue weighted by Gasteiger charge is 2.27. The van der Waals surface area contributed by atoms with Crippen molar-refractivity contribution in [1.29, 1.82) is 0 Å². The number of hydrogen-bond donors (Lipinski definition) is 0. The maximum Gasteiger partial charge on any atom is 0.228 e. The van der Waals surface area contributed by atoms with Gasteiger partial charge in [0.1, 0.15) is 22.3 Å². The standard InChI is InChI=1S/C47H28N2O3/c1-2-12-29(13-3-1)30-24-26-32(27-25-30)49(38-19-11-23-42-44(38)34-16-6-8-20-39(34)50-42)45-33-15-5-4-14-31(33)28-36-43-35(17-10-22-41(43)51-46(36)45)47-48-37-18-7-9-21-40(37)52-47/h1-28H. The zero-order valence-corrected chi connectivity index (χ0v) is 27.8. The number of benzene rings is 8. The Morgan fingerprint density at radius 2 is 1.12 bits per heavy atom. The molecule has 0 amide bonds. The van der Waals surface area contributed by atoms with Crippen molar-refractivity contribution in [1.82, 2.24) is 4.98 Å². The summed E-state index contributed by atoms with van der Waals surface area (Å²) in [6.45, 7) is 0. The van der Waals surface area contributed by atoms with Gasteiger partial charge in [-0.05, 0) is 77.2 Å². The van der Waals surface area contributed by atoms with Crippen LogP contribution in [0.4, 0.5) is 17.1 Å². The van der Waals surface area contributed by atoms with Gasteiger partial charge < -0.3 is 18.2 Å². The lowest BCUT2D eigenvalue weighted by Crippen LogP contribution is -2.11. The van der Waals surface area contributed by atoms with E-state index in [1.807, 2.05) is 60.7 Å². The fraction of sp³-hybridized carbons (Fsp3) is 0. The van der Waals surface area contributed by atoms with Crippen molar-refractivity contribution < 1.29 is 13.3 Å². The van der Waals surface area contributed by atoms with Gasteiger partial charge in [-0.25, -0.2) is 4.98 Å². The summed E-state index contributed by atoms with van der Waals surface area (Å²) in [5.74, 6) is 0.562. The van der Waals surface area contributed by atoms with Gasteiger partial charge >= 0.3 is 0 Å². The molecule has 8 aromatic carbocycles. The predicted octanol–water partition coefficient (Wildman–Crippen LogP) is 13.6. The van der Waals surface area contributed by atoms with Crippen LogP contribution in [0.3, 0.4) is 0 Å². The molecule has 0 aliphatic carbocycles. The van der Waals surface area contributed by atoms with E-state index in [1.165, 1.54) is 5.56 Å². The molecule has 3 heterocycles. The average Bonchev–Trinajstić information content (AvgIpc) is 3.92. The normalized spacial score (nSPS) is 11.8. The lowest BCUT2D eigenvalue weighted by atomic mass is 9.99. The van der Waals surface area contributed by atoms with E-state index in [9.17, 15) is 0 Å². The van der Waals surface area contributed by atoms with E-state index >= 15 is 0 Å². The smallest absolute Gasteiger partial charge is 0.228 e. The minimum absolute atomic E-state index is 0.562. The number of oxazole rings is 1. The zero-order valence-electron chi connectivity index (χ0n) is 27.8. The van der Waals surface area contributed by atoms with Crippen molar-refractivity contribution in [3.63, 3.8) is 0 Å². The predicted molar refractivity (Wildman–Crippen MR) is 212 cm³/mol. The Bertz CT molecular complexity index is 3100. The van der Waals surface area contributed by atoms with E-state index in [1.54, 1.807) is 0 Å². The summed E-state index contributed by atoms with van der Waals surface area (Å²) >= 11 is 0. The lowest BCUT2D eigenvalue weighted by molar-refractivity contribution is 0.620. The molecule has 244 valence electrons. The fourth-order valence-electron chi connectivity index (χ4n) is 7.75. The van der Waals surface area contributed by atoms with Crippen molar-refractivity contribution in [3.8, 4) is 22.6 Å². The van der Waals surface area contributed by atoms with Crippen LogP contribution in [0.5, 0.6) is 0 Å². The van der Waals surface area contributed by atoms with Crippen LogP contribution in [-0.4, -0.2) is 4.98 Å². The molecule has 52 heavy (non-hydrogen) atoms. The molecule has 0 radical (unpaired) electrons. The summed E-state index contributed by atoms with van der Waals surface area (Å²) in [5.41, 5.74) is 10.9. The SMILES string of the molecule is c1ccc(-c2ccc(N(c3c4ccccc4cc4c3oc3cccc(-c5nc6ccccc6o5)c34)c3cccc4oc5ccccc5c34)cc2)cc1. The number of para-hydroxylation sites is 3. The molecule has 11 rings (SSSR count). The molecule has 5 nitrogen and oxygen atoms in total. The van der Waals surface area contributed by atoms with Gasteiger partial charge in [-0.1, -0.05) is 109 Å². The van der Waals surface area contributed by atoms with E-state index in [0.717, 1.165) is 93.9 Å². The molecule has 5 heteroatoms. The highest BCUT2D eigenvalue weighted by molar-refractivity contribution is 6.23. The summed E-state index contributed by atoms with van der Waals surface area (Å²) < 4.78 is 19.8. The van der Waals surface area contributed by atoms with E-state index in [2.05, 4.69) is 114 Å². The first-order valence-corrected chi connectivity index (χ1v) is 17.4. The van der Waals surface area contributed by atoms with Crippen LogP contribution in [0.1, 0.15) is 0 Å². The van der Waals surface area contributed by atoms with Gasteiger partial charge in [0.15, 0.2) is 11.2 Å². The zero-order chi connectivity index (χ0) is 34.2. The summed E-state index contributed by atoms with van der Waals surface area (Å²) in [7, 11) is 0. The monoisotopic (exact) mass is 668 g/mol. The minimum Gasteiger partial charge on any atom is -0.456 e. The molecule has 0 aliphatic heterocycles. The van der Waals surface area contributed by atoms with Crippen LogP contribution >= 0.6 is 0 Å². The third-order valence-electron chi connectivity index (χ3n) is 10.1. The molecule has 0 atom stereocenters. The Balaban J connectivity index is 1.25. The maximum absolute atomic E-state index is 6.99. The van der Waals surface area contributed by atoms with Crippen molar-refractivity contribution in [2.75, 3.05) is 4.90 Å². The molecule has 0 N–H and O–H groups in total. The number of fused-ring (bicyclic) bond motifs is 8. The quantitative estimate of drug-likeness (QED) is 0.183. The van der Waals surface area contributed by atoms with Crippen LogP contribution in [-0.2, 0) is 0 Å². The Morgan fingerprint density at radius 1 is 0.442 bits per heavy atom. The molecule has 3 aromatic heterocycles. The molecule has 0 spiro atoms. The molecule has 0 bridgehead atoms. The first kappa shape index (κ1) is 28.7. The van der Waals surface area contributed by atoms with E-state index in [-0.39, 0.29) is 0 Å². The molecular weight excluding hydrogens is 641 g/mol. The average molecular weight is 669 g/mol. The topological polar surface area (TPSA) is 55.6 Å². The molecule has 0 saturated carbocycles. The van der Waals surface area contributed by atoms with Gasteiger partial charge in [-0.15, -0.1) is 0 Å². The molecule has 0 aliphatic rings. The van der Waals surface area contributed by atoms with E-state index in [0.29, 0.717) is 5.89 Å². The van der Waals surface area contributed by atoms with Crippen LogP contribution in [0.25, 0.3) is 88.3 Å². The fourth-order valence-corrected chi connectivity index (χ4v) is 7.75. The molecule has 0 unspecified atom stereocenters. The van der Waals surface area contributed by atoms with Gasteiger partial charge in [-0.2, -0.15) is 0 Å². The number of furan rings is 2. The van der Waals surface area contributed by atoms with Crippen molar-refractivity contribution in [2.45, 2.75) is 0 Å². The van der Waals surface area contributed by atoms with Crippen LogP contribution in [0, 0.1) is 0 Å². The summed E-state index contributed by atoms with van der Waals surface area (Å²) in [6, 6.07) is 58.5.